The van der Waals surface area contributed by atoms with E-state index in [-0.39, 0.29) is 5.75 Å². The lowest BCUT2D eigenvalue weighted by Gasteiger charge is -2.12. The zero-order valence-electron chi connectivity index (χ0n) is 12.9. The lowest BCUT2D eigenvalue weighted by atomic mass is 10.00. The second-order valence-electron chi connectivity index (χ2n) is 5.29. The van der Waals surface area contributed by atoms with Gasteiger partial charge >= 0.3 is 11.6 Å². The van der Waals surface area contributed by atoms with Crippen molar-refractivity contribution >= 4 is 44.5 Å². The summed E-state index contributed by atoms with van der Waals surface area (Å²) in [6.45, 7) is 3.09. The van der Waals surface area contributed by atoms with Crippen molar-refractivity contribution < 1.29 is 13.9 Å². The number of hydrogen-bond donors (Lipinski definition) is 0. The number of carbonyl (C=O) groups excluding carboxylic acids is 1. The number of esters is 1. The number of halogens is 2. The van der Waals surface area contributed by atoms with Gasteiger partial charge in [-0.2, -0.15) is 0 Å². The van der Waals surface area contributed by atoms with Crippen LogP contribution in [0.3, 0.4) is 0 Å². The Balaban J connectivity index is 2.44. The average Bonchev–Trinajstić information content (AvgIpc) is 2.51. The Morgan fingerprint density at radius 3 is 2.50 bits per heavy atom. The maximum atomic E-state index is 12.3. The van der Waals surface area contributed by atoms with Crippen molar-refractivity contribution in [1.29, 1.82) is 0 Å². The topological polar surface area (TPSA) is 56.5 Å². The van der Waals surface area contributed by atoms with Gasteiger partial charge in [-0.25, -0.2) is 4.79 Å². The third-order valence-corrected chi connectivity index (χ3v) is 4.46. The number of hydrogen-bond acceptors (Lipinski definition) is 4. The molecule has 4 nitrogen and oxygen atoms in total. The number of benzene rings is 2. The number of carbonyl (C=O) groups is 1. The summed E-state index contributed by atoms with van der Waals surface area (Å²) in [6, 6.07) is 10.7. The molecule has 0 amide bonds. The van der Waals surface area contributed by atoms with Gasteiger partial charge in [0.2, 0.25) is 5.75 Å². The van der Waals surface area contributed by atoms with Crippen LogP contribution >= 0.6 is 27.5 Å². The zero-order valence-corrected chi connectivity index (χ0v) is 15.2. The van der Waals surface area contributed by atoms with E-state index in [1.165, 1.54) is 6.92 Å². The van der Waals surface area contributed by atoms with Gasteiger partial charge in [0.25, 0.3) is 0 Å². The zero-order chi connectivity index (χ0) is 17.4. The summed E-state index contributed by atoms with van der Waals surface area (Å²) in [4.78, 5) is 23.8. The van der Waals surface area contributed by atoms with E-state index < -0.39 is 11.6 Å². The molecule has 3 rings (SSSR count). The highest BCUT2D eigenvalue weighted by molar-refractivity contribution is 9.10. The van der Waals surface area contributed by atoms with Gasteiger partial charge in [0.15, 0.2) is 0 Å². The van der Waals surface area contributed by atoms with Crippen LogP contribution in [0.4, 0.5) is 0 Å². The third-order valence-electron chi connectivity index (χ3n) is 3.52. The first-order valence-corrected chi connectivity index (χ1v) is 8.25. The van der Waals surface area contributed by atoms with Crippen LogP contribution < -0.4 is 10.4 Å². The summed E-state index contributed by atoms with van der Waals surface area (Å²) in [5.41, 5.74) is 1.67. The number of fused-ring (bicyclic) bond motifs is 1. The van der Waals surface area contributed by atoms with Gasteiger partial charge in [0, 0.05) is 33.4 Å². The molecule has 0 aliphatic carbocycles. The Hall–Kier alpha value is -2.11. The van der Waals surface area contributed by atoms with E-state index in [0.717, 1.165) is 15.6 Å². The van der Waals surface area contributed by atoms with Crippen molar-refractivity contribution in [2.75, 3.05) is 0 Å². The Kier molecular flexibility index (Phi) is 4.47. The molecule has 3 aromatic rings. The van der Waals surface area contributed by atoms with Crippen LogP contribution in [0.15, 0.2) is 50.1 Å². The van der Waals surface area contributed by atoms with Gasteiger partial charge in [0.1, 0.15) is 5.58 Å². The molecular formula is C18H12BrClO4. The van der Waals surface area contributed by atoms with Crippen LogP contribution in [0.1, 0.15) is 12.5 Å². The van der Waals surface area contributed by atoms with E-state index in [4.69, 9.17) is 20.8 Å². The Bertz CT molecular complexity index is 1010. The lowest BCUT2D eigenvalue weighted by molar-refractivity contribution is -0.132. The van der Waals surface area contributed by atoms with E-state index in [1.807, 2.05) is 37.3 Å². The van der Waals surface area contributed by atoms with Crippen molar-refractivity contribution in [1.82, 2.24) is 0 Å². The van der Waals surface area contributed by atoms with Crippen LogP contribution in [0, 0.1) is 6.92 Å². The van der Waals surface area contributed by atoms with Crippen LogP contribution in [0.2, 0.25) is 5.02 Å². The molecule has 0 aliphatic rings. The fourth-order valence-corrected chi connectivity index (χ4v) is 2.87. The summed E-state index contributed by atoms with van der Waals surface area (Å²) in [6.07, 6.45) is 0. The molecule has 0 atom stereocenters. The number of rotatable bonds is 2. The normalized spacial score (nSPS) is 10.8. The molecule has 0 aliphatic heterocycles. The van der Waals surface area contributed by atoms with Crippen LogP contribution in [-0.4, -0.2) is 5.97 Å². The van der Waals surface area contributed by atoms with Crippen molar-refractivity contribution in [3.63, 3.8) is 0 Å². The third kappa shape index (κ3) is 3.09. The molecule has 122 valence electrons. The van der Waals surface area contributed by atoms with Gasteiger partial charge in [-0.3, -0.25) is 4.79 Å². The Labute approximate surface area is 151 Å². The Morgan fingerprint density at radius 2 is 1.88 bits per heavy atom. The van der Waals surface area contributed by atoms with Crippen molar-refractivity contribution in [3.8, 4) is 16.9 Å². The molecule has 1 heterocycles. The molecule has 6 heteroatoms. The minimum atomic E-state index is -0.726. The molecule has 0 saturated carbocycles. The van der Waals surface area contributed by atoms with Crippen LogP contribution in [0.25, 0.3) is 22.1 Å². The Morgan fingerprint density at radius 1 is 1.21 bits per heavy atom. The van der Waals surface area contributed by atoms with Gasteiger partial charge in [0.05, 0.1) is 0 Å². The second-order valence-corrected chi connectivity index (χ2v) is 6.61. The van der Waals surface area contributed by atoms with Crippen LogP contribution in [0.5, 0.6) is 5.75 Å². The molecule has 0 radical (unpaired) electrons. The molecule has 0 unspecified atom stereocenters. The van der Waals surface area contributed by atoms with E-state index >= 15 is 0 Å². The largest absolute Gasteiger partial charge is 0.420 e. The molecule has 24 heavy (non-hydrogen) atoms. The van der Waals surface area contributed by atoms with Crippen molar-refractivity contribution in [2.45, 2.75) is 13.8 Å². The second kappa shape index (κ2) is 6.42. The first kappa shape index (κ1) is 16.7. The highest BCUT2D eigenvalue weighted by Crippen LogP contribution is 2.37. The molecule has 0 spiro atoms. The SMILES string of the molecule is CC(=O)Oc1c(-c2ccc(Br)cc2)c2cc(C)c(Cl)cc2oc1=O. The van der Waals surface area contributed by atoms with Gasteiger partial charge in [-0.05, 0) is 36.2 Å². The lowest BCUT2D eigenvalue weighted by Crippen LogP contribution is -2.12. The highest BCUT2D eigenvalue weighted by atomic mass is 79.9. The first-order chi connectivity index (χ1) is 11.4. The van der Waals surface area contributed by atoms with Crippen LogP contribution in [-0.2, 0) is 4.79 Å². The summed E-state index contributed by atoms with van der Waals surface area (Å²) in [5, 5.41) is 1.14. The van der Waals surface area contributed by atoms with E-state index in [9.17, 15) is 9.59 Å². The van der Waals surface area contributed by atoms with Crippen molar-refractivity contribution in [3.05, 3.63) is 61.9 Å². The molecule has 1 aromatic heterocycles. The predicted molar refractivity (Wildman–Crippen MR) is 96.7 cm³/mol. The molecule has 2 aromatic carbocycles. The first-order valence-electron chi connectivity index (χ1n) is 7.08. The van der Waals surface area contributed by atoms with Gasteiger partial charge in [-0.1, -0.05) is 39.7 Å². The fraction of sp³-hybridized carbons (Fsp3) is 0.111. The summed E-state index contributed by atoms with van der Waals surface area (Å²) < 4.78 is 11.3. The summed E-state index contributed by atoms with van der Waals surface area (Å²) in [5.74, 6) is -0.718. The molecule has 0 fully saturated rings. The smallest absolute Gasteiger partial charge is 0.380 e. The number of ether oxygens (including phenoxy) is 1. The van der Waals surface area contributed by atoms with E-state index in [1.54, 1.807) is 6.07 Å². The quantitative estimate of drug-likeness (QED) is 0.437. The molecule has 0 saturated heterocycles. The number of aryl methyl sites for hydroxylation is 1. The maximum absolute atomic E-state index is 12.3. The monoisotopic (exact) mass is 406 g/mol. The molecule has 0 N–H and O–H groups in total. The standard InChI is InChI=1S/C18H12BrClO4/c1-9-7-13-15(8-14(9)20)24-18(22)17(23-10(2)21)16(13)11-3-5-12(19)6-4-11/h3-8H,1-2H3. The van der Waals surface area contributed by atoms with E-state index in [2.05, 4.69) is 15.9 Å². The summed E-state index contributed by atoms with van der Waals surface area (Å²) >= 11 is 9.51. The predicted octanol–water partition coefficient (Wildman–Crippen LogP) is 5.11. The average molecular weight is 408 g/mol. The molecule has 0 bridgehead atoms. The maximum Gasteiger partial charge on any atom is 0.380 e. The minimum absolute atomic E-state index is 0.126. The summed E-state index contributed by atoms with van der Waals surface area (Å²) in [7, 11) is 0. The molecular weight excluding hydrogens is 396 g/mol. The van der Waals surface area contributed by atoms with Crippen molar-refractivity contribution in [2.24, 2.45) is 0 Å². The van der Waals surface area contributed by atoms with Gasteiger partial charge in [-0.15, -0.1) is 0 Å². The van der Waals surface area contributed by atoms with E-state index in [0.29, 0.717) is 21.6 Å². The highest BCUT2D eigenvalue weighted by Gasteiger charge is 2.20. The van der Waals surface area contributed by atoms with Gasteiger partial charge < -0.3 is 9.15 Å². The fourth-order valence-electron chi connectivity index (χ4n) is 2.45. The minimum Gasteiger partial charge on any atom is -0.420 e.